The number of hydrogen-bond acceptors (Lipinski definition) is 8. The molecule has 0 atom stereocenters. The Balaban J connectivity index is 1.65. The van der Waals surface area contributed by atoms with E-state index in [0.717, 1.165) is 24.4 Å². The number of carbonyl (C=O) groups is 2. The van der Waals surface area contributed by atoms with E-state index in [1.165, 1.54) is 13.2 Å². The number of esters is 1. The van der Waals surface area contributed by atoms with Crippen LogP contribution in [-0.4, -0.2) is 70.3 Å². The highest BCUT2D eigenvalue weighted by molar-refractivity contribution is 6.16. The van der Waals surface area contributed by atoms with E-state index in [9.17, 15) is 9.59 Å². The quantitative estimate of drug-likeness (QED) is 0.257. The molecule has 0 aliphatic carbocycles. The zero-order valence-corrected chi connectivity index (χ0v) is 20.2. The van der Waals surface area contributed by atoms with Gasteiger partial charge in [-0.3, -0.25) is 9.69 Å². The minimum absolute atomic E-state index is 0.0705. The summed E-state index contributed by atoms with van der Waals surface area (Å²) in [4.78, 5) is 27.9. The van der Waals surface area contributed by atoms with E-state index in [0.29, 0.717) is 48.6 Å². The van der Waals surface area contributed by atoms with Gasteiger partial charge in [-0.05, 0) is 42.8 Å². The topological polar surface area (TPSA) is 87.4 Å². The van der Waals surface area contributed by atoms with Gasteiger partial charge in [-0.1, -0.05) is 18.2 Å². The lowest BCUT2D eigenvalue weighted by Crippen LogP contribution is -2.38. The van der Waals surface area contributed by atoms with Crippen molar-refractivity contribution in [1.82, 2.24) is 4.90 Å². The number of allylic oxidation sites excluding steroid dienone is 1. The summed E-state index contributed by atoms with van der Waals surface area (Å²) in [6.45, 7) is 5.97. The van der Waals surface area contributed by atoms with Crippen LogP contribution in [0.25, 0.3) is 17.0 Å². The number of rotatable bonds is 9. The van der Waals surface area contributed by atoms with Crippen molar-refractivity contribution in [1.29, 1.82) is 0 Å². The van der Waals surface area contributed by atoms with Crippen molar-refractivity contribution in [2.24, 2.45) is 0 Å². The lowest BCUT2D eigenvalue weighted by atomic mass is 10.0. The molecule has 0 saturated carbocycles. The highest BCUT2D eigenvalue weighted by Crippen LogP contribution is 2.34. The van der Waals surface area contributed by atoms with E-state index < -0.39 is 5.97 Å². The number of methoxy groups -OCH3 is 2. The molecule has 1 aromatic heterocycles. The summed E-state index contributed by atoms with van der Waals surface area (Å²) in [5.74, 6) is 0.315. The molecule has 184 valence electrons. The first-order chi connectivity index (χ1) is 17.0. The Morgan fingerprint density at radius 1 is 1.06 bits per heavy atom. The van der Waals surface area contributed by atoms with Gasteiger partial charge in [-0.15, -0.1) is 0 Å². The Bertz CT molecular complexity index is 1220. The second kappa shape index (κ2) is 11.2. The number of carbonyl (C=O) groups excluding carboxylic acids is 2. The van der Waals surface area contributed by atoms with Gasteiger partial charge in [0.2, 0.25) is 5.76 Å². The molecule has 1 aliphatic rings. The number of hydrogen-bond donors (Lipinski definition) is 0. The minimum atomic E-state index is -0.597. The Kier molecular flexibility index (Phi) is 7.84. The molecule has 1 saturated heterocycles. The molecule has 35 heavy (non-hydrogen) atoms. The molecule has 0 amide bonds. The molecule has 3 aromatic rings. The third-order valence-corrected chi connectivity index (χ3v) is 6.00. The van der Waals surface area contributed by atoms with Gasteiger partial charge in [0.05, 0.1) is 27.4 Å². The average molecular weight is 480 g/mol. The molecule has 4 rings (SSSR count). The van der Waals surface area contributed by atoms with Crippen LogP contribution in [0.3, 0.4) is 0 Å². The summed E-state index contributed by atoms with van der Waals surface area (Å²) in [5, 5.41) is 0.659. The molecule has 0 N–H and O–H groups in total. The summed E-state index contributed by atoms with van der Waals surface area (Å²) in [5.41, 5.74) is 2.02. The van der Waals surface area contributed by atoms with Gasteiger partial charge in [0.25, 0.3) is 0 Å². The summed E-state index contributed by atoms with van der Waals surface area (Å²) < 4.78 is 27.3. The molecule has 0 bridgehead atoms. The Morgan fingerprint density at radius 3 is 2.49 bits per heavy atom. The maximum atomic E-state index is 13.4. The fraction of sp³-hybridized carbons (Fsp3) is 0.333. The Labute approximate surface area is 204 Å². The third-order valence-electron chi connectivity index (χ3n) is 6.00. The number of benzene rings is 2. The zero-order valence-electron chi connectivity index (χ0n) is 20.2. The summed E-state index contributed by atoms with van der Waals surface area (Å²) in [6, 6.07) is 10.9. The van der Waals surface area contributed by atoms with Gasteiger partial charge in [0, 0.05) is 30.6 Å². The van der Waals surface area contributed by atoms with Gasteiger partial charge in [0.15, 0.2) is 5.78 Å². The number of furan rings is 1. The van der Waals surface area contributed by atoms with Crippen LogP contribution in [0.15, 0.2) is 46.9 Å². The first kappa shape index (κ1) is 24.5. The monoisotopic (exact) mass is 479 g/mol. The SMILES string of the molecule is COC(=O)c1oc2c(C(=O)/C=C/c3ccc(OC)cc3)c(OCCN3CCOCC3)ccc2c1C. The first-order valence-electron chi connectivity index (χ1n) is 11.5. The highest BCUT2D eigenvalue weighted by atomic mass is 16.5. The summed E-state index contributed by atoms with van der Waals surface area (Å²) in [7, 11) is 2.89. The van der Waals surface area contributed by atoms with E-state index in [-0.39, 0.29) is 17.1 Å². The van der Waals surface area contributed by atoms with Crippen molar-refractivity contribution in [3.63, 3.8) is 0 Å². The minimum Gasteiger partial charge on any atom is -0.497 e. The molecule has 1 fully saturated rings. The van der Waals surface area contributed by atoms with Crippen LogP contribution in [-0.2, 0) is 9.47 Å². The normalized spacial score (nSPS) is 14.4. The highest BCUT2D eigenvalue weighted by Gasteiger charge is 2.25. The van der Waals surface area contributed by atoms with Crippen molar-refractivity contribution >= 4 is 28.8 Å². The van der Waals surface area contributed by atoms with Gasteiger partial charge in [-0.2, -0.15) is 0 Å². The summed E-state index contributed by atoms with van der Waals surface area (Å²) in [6.07, 6.45) is 3.19. The molecule has 1 aliphatic heterocycles. The Morgan fingerprint density at radius 2 is 1.80 bits per heavy atom. The average Bonchev–Trinajstić information content (AvgIpc) is 3.23. The molecule has 0 radical (unpaired) electrons. The van der Waals surface area contributed by atoms with E-state index in [2.05, 4.69) is 4.90 Å². The maximum absolute atomic E-state index is 13.4. The largest absolute Gasteiger partial charge is 0.497 e. The van der Waals surface area contributed by atoms with Crippen LogP contribution in [0.5, 0.6) is 11.5 Å². The summed E-state index contributed by atoms with van der Waals surface area (Å²) >= 11 is 0. The molecule has 8 nitrogen and oxygen atoms in total. The van der Waals surface area contributed by atoms with Crippen LogP contribution in [0.2, 0.25) is 0 Å². The van der Waals surface area contributed by atoms with E-state index >= 15 is 0 Å². The zero-order chi connectivity index (χ0) is 24.8. The van der Waals surface area contributed by atoms with Gasteiger partial charge >= 0.3 is 5.97 Å². The van der Waals surface area contributed by atoms with Crippen LogP contribution >= 0.6 is 0 Å². The lowest BCUT2D eigenvalue weighted by molar-refractivity contribution is 0.0322. The number of morpholine rings is 1. The molecule has 8 heteroatoms. The second-order valence-corrected chi connectivity index (χ2v) is 8.14. The van der Waals surface area contributed by atoms with Crippen molar-refractivity contribution in [3.05, 3.63) is 64.9 Å². The molecule has 2 heterocycles. The van der Waals surface area contributed by atoms with Crippen LogP contribution in [0.1, 0.15) is 32.0 Å². The molecular weight excluding hydrogens is 450 g/mol. The van der Waals surface area contributed by atoms with Crippen LogP contribution in [0, 0.1) is 6.92 Å². The van der Waals surface area contributed by atoms with Crippen LogP contribution in [0.4, 0.5) is 0 Å². The number of aryl methyl sites for hydroxylation is 1. The number of nitrogens with zero attached hydrogens (tertiary/aromatic N) is 1. The van der Waals surface area contributed by atoms with E-state index in [4.69, 9.17) is 23.4 Å². The second-order valence-electron chi connectivity index (χ2n) is 8.14. The molecular formula is C27H29NO7. The van der Waals surface area contributed by atoms with E-state index in [1.807, 2.05) is 24.3 Å². The molecule has 2 aromatic carbocycles. The third kappa shape index (κ3) is 5.55. The van der Waals surface area contributed by atoms with Crippen molar-refractivity contribution in [3.8, 4) is 11.5 Å². The van der Waals surface area contributed by atoms with Gasteiger partial charge in [-0.25, -0.2) is 4.79 Å². The first-order valence-corrected chi connectivity index (χ1v) is 11.5. The fourth-order valence-electron chi connectivity index (χ4n) is 3.99. The standard InChI is InChI=1S/C27H29NO7/c1-18-21-9-11-23(34-17-14-28-12-15-33-16-13-28)24(26(21)35-25(18)27(30)32-3)22(29)10-6-19-4-7-20(31-2)8-5-19/h4-11H,12-17H2,1-3H3/b10-6+. The fourth-order valence-corrected chi connectivity index (χ4v) is 3.99. The molecule has 0 spiro atoms. The van der Waals surface area contributed by atoms with Crippen molar-refractivity contribution in [2.45, 2.75) is 6.92 Å². The number of ketones is 1. The van der Waals surface area contributed by atoms with Gasteiger partial charge in [0.1, 0.15) is 29.3 Å². The predicted octanol–water partition coefficient (Wildman–Crippen LogP) is 4.14. The van der Waals surface area contributed by atoms with E-state index in [1.54, 1.807) is 32.2 Å². The van der Waals surface area contributed by atoms with Crippen molar-refractivity contribution < 1.29 is 33.0 Å². The number of fused-ring (bicyclic) bond motifs is 1. The number of ether oxygens (including phenoxy) is 4. The van der Waals surface area contributed by atoms with Crippen molar-refractivity contribution in [2.75, 3.05) is 53.7 Å². The predicted molar refractivity (Wildman–Crippen MR) is 131 cm³/mol. The maximum Gasteiger partial charge on any atom is 0.374 e. The smallest absolute Gasteiger partial charge is 0.374 e. The molecule has 0 unspecified atom stereocenters. The Hall–Kier alpha value is -3.62. The lowest BCUT2D eigenvalue weighted by Gasteiger charge is -2.26. The van der Waals surface area contributed by atoms with Crippen LogP contribution < -0.4 is 9.47 Å². The van der Waals surface area contributed by atoms with Gasteiger partial charge < -0.3 is 23.4 Å².